The molecule has 1 amide bonds. The van der Waals surface area contributed by atoms with Crippen molar-refractivity contribution in [2.24, 2.45) is 11.7 Å². The lowest BCUT2D eigenvalue weighted by molar-refractivity contribution is 0.0427. The second-order valence-electron chi connectivity index (χ2n) is 9.66. The van der Waals surface area contributed by atoms with Crippen LogP contribution in [0.15, 0.2) is 55.1 Å². The summed E-state index contributed by atoms with van der Waals surface area (Å²) in [5, 5.41) is 19.6. The highest BCUT2D eigenvalue weighted by atomic mass is 16.5. The van der Waals surface area contributed by atoms with Gasteiger partial charge >= 0.3 is 5.97 Å². The molecule has 1 heterocycles. The van der Waals surface area contributed by atoms with Crippen LogP contribution in [0.1, 0.15) is 60.9 Å². The summed E-state index contributed by atoms with van der Waals surface area (Å²) in [6.07, 6.45) is 3.70. The van der Waals surface area contributed by atoms with Crippen LogP contribution in [0.3, 0.4) is 0 Å². The van der Waals surface area contributed by atoms with Crippen molar-refractivity contribution >= 4 is 29.6 Å². The predicted octanol–water partition coefficient (Wildman–Crippen LogP) is 3.40. The van der Waals surface area contributed by atoms with Gasteiger partial charge in [0.15, 0.2) is 11.5 Å². The minimum absolute atomic E-state index is 0.0213. The summed E-state index contributed by atoms with van der Waals surface area (Å²) in [5.74, 6) is -0.745. The fraction of sp³-hybridized carbons (Fsp3) is 0.258. The van der Waals surface area contributed by atoms with Crippen LogP contribution >= 0.6 is 0 Å². The van der Waals surface area contributed by atoms with E-state index in [2.05, 4.69) is 16.9 Å². The molecule has 212 valence electrons. The van der Waals surface area contributed by atoms with Gasteiger partial charge in [0.25, 0.3) is 5.91 Å². The number of pyridine rings is 1. The number of rotatable bonds is 13. The largest absolute Gasteiger partial charge is 0.496 e. The number of amides is 1. The first-order chi connectivity index (χ1) is 19.7. The summed E-state index contributed by atoms with van der Waals surface area (Å²) in [7, 11) is 1.48. The van der Waals surface area contributed by atoms with E-state index in [0.29, 0.717) is 40.5 Å². The molecular formula is C31H32N4O6. The summed E-state index contributed by atoms with van der Waals surface area (Å²) in [6.45, 7) is 3.69. The Kier molecular flexibility index (Phi) is 9.26. The molecule has 1 aliphatic carbocycles. The fourth-order valence-electron chi connectivity index (χ4n) is 4.28. The van der Waals surface area contributed by atoms with Crippen LogP contribution in [0.2, 0.25) is 0 Å². The van der Waals surface area contributed by atoms with Gasteiger partial charge in [-0.05, 0) is 54.2 Å². The summed E-state index contributed by atoms with van der Waals surface area (Å²) in [4.78, 5) is 43.9. The normalized spacial score (nSPS) is 12.3. The monoisotopic (exact) mass is 556 g/mol. The lowest BCUT2D eigenvalue weighted by atomic mass is 9.90. The number of benzene rings is 2. The number of hydrogen-bond acceptors (Lipinski definition) is 8. The van der Waals surface area contributed by atoms with Gasteiger partial charge in [0, 0.05) is 35.2 Å². The minimum atomic E-state index is -0.851. The molecule has 0 radical (unpaired) electrons. The number of nitrogens with zero attached hydrogens (tertiary/aromatic N) is 1. The molecule has 0 unspecified atom stereocenters. The van der Waals surface area contributed by atoms with Crippen LogP contribution in [0.4, 0.5) is 0 Å². The molecule has 0 aliphatic heterocycles. The molecule has 1 aromatic heterocycles. The van der Waals surface area contributed by atoms with E-state index in [1.165, 1.54) is 13.2 Å². The van der Waals surface area contributed by atoms with E-state index in [1.54, 1.807) is 48.5 Å². The minimum Gasteiger partial charge on any atom is -0.496 e. The standard InChI is InChI=1S/C31H32N4O6/c1-3-20-15-24(26(37)14-18-6-8-21(9-7-18)29(32)33)23(16-27(20)40-2)22-10-11-25(30(38)34-17-19-4-5-19)35-28(22)31(39)41-13-12-36/h3,6-11,15-16,19,36H,1,4-5,12-14,17H2,2H3,(H3,32,33)(H,34,38). The van der Waals surface area contributed by atoms with E-state index in [0.717, 1.165) is 12.8 Å². The third kappa shape index (κ3) is 7.03. The van der Waals surface area contributed by atoms with E-state index < -0.39 is 18.5 Å². The average Bonchev–Trinajstić information content (AvgIpc) is 3.82. The van der Waals surface area contributed by atoms with Crippen molar-refractivity contribution in [1.29, 1.82) is 5.41 Å². The summed E-state index contributed by atoms with van der Waals surface area (Å²) in [5.41, 5.74) is 8.09. The molecule has 2 aromatic carbocycles. The third-order valence-electron chi connectivity index (χ3n) is 6.70. The molecule has 10 nitrogen and oxygen atoms in total. The quantitative estimate of drug-likeness (QED) is 0.108. The van der Waals surface area contributed by atoms with E-state index in [9.17, 15) is 19.5 Å². The Bertz CT molecular complexity index is 1500. The Balaban J connectivity index is 1.79. The maximum atomic E-state index is 13.7. The van der Waals surface area contributed by atoms with Crippen LogP contribution in [0.5, 0.6) is 5.75 Å². The number of aliphatic hydroxyl groups excluding tert-OH is 1. The third-order valence-corrected chi connectivity index (χ3v) is 6.70. The number of carbonyl (C=O) groups is 3. The Labute approximate surface area is 237 Å². The van der Waals surface area contributed by atoms with Gasteiger partial charge in [-0.15, -0.1) is 0 Å². The molecule has 10 heteroatoms. The van der Waals surface area contributed by atoms with Gasteiger partial charge in [-0.1, -0.05) is 36.9 Å². The number of Topliss-reactive ketones (excluding diaryl/α,β-unsaturated/α-hetero) is 1. The van der Waals surface area contributed by atoms with Crippen LogP contribution in [0, 0.1) is 11.3 Å². The zero-order valence-corrected chi connectivity index (χ0v) is 22.7. The van der Waals surface area contributed by atoms with Gasteiger partial charge in [0.1, 0.15) is 23.9 Å². The molecule has 4 rings (SSSR count). The Morgan fingerprint density at radius 3 is 2.49 bits per heavy atom. The topological polar surface area (TPSA) is 165 Å². The zero-order valence-electron chi connectivity index (χ0n) is 22.7. The smallest absolute Gasteiger partial charge is 0.357 e. The number of nitrogens with two attached hydrogens (primary N) is 1. The van der Waals surface area contributed by atoms with Crippen LogP contribution < -0.4 is 15.8 Å². The van der Waals surface area contributed by atoms with Crippen LogP contribution in [-0.4, -0.2) is 60.5 Å². The number of carbonyl (C=O) groups excluding carboxylic acids is 3. The highest BCUT2D eigenvalue weighted by Gasteiger charge is 2.26. The van der Waals surface area contributed by atoms with E-state index >= 15 is 0 Å². The Hall–Kier alpha value is -4.83. The van der Waals surface area contributed by atoms with Crippen molar-refractivity contribution in [3.05, 3.63) is 88.8 Å². The number of esters is 1. The first-order valence-electron chi connectivity index (χ1n) is 13.1. The predicted molar refractivity (Wildman–Crippen MR) is 154 cm³/mol. The van der Waals surface area contributed by atoms with Gasteiger partial charge in [0.2, 0.25) is 0 Å². The molecule has 0 bridgehead atoms. The molecule has 1 aliphatic rings. The summed E-state index contributed by atoms with van der Waals surface area (Å²) >= 11 is 0. The van der Waals surface area contributed by atoms with Crippen molar-refractivity contribution in [2.75, 3.05) is 26.9 Å². The number of methoxy groups -OCH3 is 1. The molecule has 3 aromatic rings. The molecule has 5 N–H and O–H groups in total. The van der Waals surface area contributed by atoms with Gasteiger partial charge in [-0.25, -0.2) is 9.78 Å². The van der Waals surface area contributed by atoms with E-state index in [1.807, 2.05) is 0 Å². The second kappa shape index (κ2) is 13.0. The number of ketones is 1. The van der Waals surface area contributed by atoms with Gasteiger partial charge in [-0.3, -0.25) is 15.0 Å². The molecule has 1 fully saturated rings. The molecule has 0 atom stereocenters. The van der Waals surface area contributed by atoms with Crippen LogP contribution in [0.25, 0.3) is 17.2 Å². The van der Waals surface area contributed by atoms with Crippen molar-refractivity contribution in [1.82, 2.24) is 10.3 Å². The van der Waals surface area contributed by atoms with Crippen molar-refractivity contribution < 1.29 is 29.0 Å². The zero-order chi connectivity index (χ0) is 29.5. The number of ether oxygens (including phenoxy) is 2. The lowest BCUT2D eigenvalue weighted by Gasteiger charge is -2.17. The SMILES string of the molecule is C=Cc1cc(C(=O)Cc2ccc(C(=N)N)cc2)c(-c2ccc(C(=O)NCC3CC3)nc2C(=O)OCCO)cc1OC. The lowest BCUT2D eigenvalue weighted by Crippen LogP contribution is -2.27. The van der Waals surface area contributed by atoms with Gasteiger partial charge in [0.05, 0.1) is 13.7 Å². The number of hydrogen-bond donors (Lipinski definition) is 4. The molecule has 1 saturated carbocycles. The Morgan fingerprint density at radius 2 is 1.88 bits per heavy atom. The maximum absolute atomic E-state index is 13.7. The van der Waals surface area contributed by atoms with Gasteiger partial charge < -0.3 is 25.6 Å². The number of nitrogen functional groups attached to an aromatic ring is 1. The fourth-order valence-corrected chi connectivity index (χ4v) is 4.28. The van der Waals surface area contributed by atoms with Crippen molar-refractivity contribution in [3.8, 4) is 16.9 Å². The van der Waals surface area contributed by atoms with E-state index in [-0.39, 0.29) is 47.2 Å². The second-order valence-corrected chi connectivity index (χ2v) is 9.66. The van der Waals surface area contributed by atoms with Crippen LogP contribution in [-0.2, 0) is 11.2 Å². The summed E-state index contributed by atoms with van der Waals surface area (Å²) < 4.78 is 10.7. The number of aromatic nitrogens is 1. The van der Waals surface area contributed by atoms with E-state index in [4.69, 9.17) is 20.6 Å². The number of nitrogens with one attached hydrogen (secondary N) is 2. The number of aliphatic hydroxyl groups is 1. The molecular weight excluding hydrogens is 524 g/mol. The summed E-state index contributed by atoms with van der Waals surface area (Å²) in [6, 6.07) is 13.1. The average molecular weight is 557 g/mol. The van der Waals surface area contributed by atoms with Crippen molar-refractivity contribution in [2.45, 2.75) is 19.3 Å². The molecule has 0 spiro atoms. The number of amidine groups is 1. The molecule has 0 saturated heterocycles. The van der Waals surface area contributed by atoms with Crippen molar-refractivity contribution in [3.63, 3.8) is 0 Å². The maximum Gasteiger partial charge on any atom is 0.357 e. The van der Waals surface area contributed by atoms with Gasteiger partial charge in [-0.2, -0.15) is 0 Å². The Morgan fingerprint density at radius 1 is 1.15 bits per heavy atom. The molecule has 41 heavy (non-hydrogen) atoms. The first-order valence-corrected chi connectivity index (χ1v) is 13.1. The first kappa shape index (κ1) is 29.2. The highest BCUT2D eigenvalue weighted by Crippen LogP contribution is 2.35. The highest BCUT2D eigenvalue weighted by molar-refractivity contribution is 6.07.